The highest BCUT2D eigenvalue weighted by Crippen LogP contribution is 2.25. The van der Waals surface area contributed by atoms with E-state index in [1.807, 2.05) is 0 Å². The van der Waals surface area contributed by atoms with Crippen LogP contribution in [0.2, 0.25) is 0 Å². The van der Waals surface area contributed by atoms with E-state index >= 15 is 0 Å². The minimum Gasteiger partial charge on any atom is -0.465 e. The molecule has 0 bridgehead atoms. The number of esters is 4. The van der Waals surface area contributed by atoms with Crippen molar-refractivity contribution in [1.29, 1.82) is 0 Å². The van der Waals surface area contributed by atoms with E-state index in [1.54, 1.807) is 0 Å². The molecule has 0 saturated heterocycles. The Bertz CT molecular complexity index is 1780. The van der Waals surface area contributed by atoms with Gasteiger partial charge < -0.3 is 33.6 Å². The van der Waals surface area contributed by atoms with Crippen molar-refractivity contribution >= 4 is 91.4 Å². The van der Waals surface area contributed by atoms with Crippen LogP contribution in [0.1, 0.15) is 351 Å². The van der Waals surface area contributed by atoms with Crippen molar-refractivity contribution in [3.63, 3.8) is 0 Å². The van der Waals surface area contributed by atoms with Gasteiger partial charge in [-0.25, -0.2) is 0 Å². The molecule has 0 aromatic carbocycles. The Kier molecular flexibility index (Phi) is 72.7. The molecule has 0 amide bonds. The third-order valence-corrected chi connectivity index (χ3v) is 23.4. The summed E-state index contributed by atoms with van der Waals surface area (Å²) in [6.07, 6.45) is 43.1. The number of thioether (sulfide) groups is 4. The van der Waals surface area contributed by atoms with Crippen molar-refractivity contribution in [2.75, 3.05) is 109 Å². The molecule has 4 atom stereocenters. The van der Waals surface area contributed by atoms with Crippen molar-refractivity contribution in [2.45, 2.75) is 351 Å². The second-order valence-electron chi connectivity index (χ2n) is 28.8. The number of carbonyl (C=O) groups is 8. The predicted octanol–water partition coefficient (Wildman–Crippen LogP) is 21.3. The highest BCUT2D eigenvalue weighted by Gasteiger charge is 2.24. The summed E-state index contributed by atoms with van der Waals surface area (Å²) in [6, 6.07) is 0. The summed E-state index contributed by atoms with van der Waals surface area (Å²) in [5.74, 6) is 2.32. The smallest absolute Gasteiger partial charge is 0.308 e. The third kappa shape index (κ3) is 61.8. The minimum absolute atomic E-state index is 0.0228. The first kappa shape index (κ1) is 99.8. The lowest BCUT2D eigenvalue weighted by atomic mass is 9.95. The van der Waals surface area contributed by atoms with Crippen molar-refractivity contribution in [3.05, 3.63) is 0 Å². The zero-order valence-corrected chi connectivity index (χ0v) is 70.3. The van der Waals surface area contributed by atoms with Crippen molar-refractivity contribution < 1.29 is 57.3 Å². The lowest BCUT2D eigenvalue weighted by Gasteiger charge is -2.25. The van der Waals surface area contributed by atoms with Crippen LogP contribution in [0.5, 0.6) is 0 Å². The van der Waals surface area contributed by atoms with E-state index in [1.165, 1.54) is 98.4 Å². The average Bonchev–Trinajstić information content (AvgIpc) is 1.18. The summed E-state index contributed by atoms with van der Waals surface area (Å²) < 4.78 is 23.0. The number of hydrogen-bond donors (Lipinski definition) is 0. The summed E-state index contributed by atoms with van der Waals surface area (Å²) in [4.78, 5) is 112. The van der Waals surface area contributed by atoms with Gasteiger partial charge in [-0.15, -0.1) is 0 Å². The van der Waals surface area contributed by atoms with Gasteiger partial charge in [-0.2, -0.15) is 0 Å². The van der Waals surface area contributed by atoms with Crippen molar-refractivity contribution in [2.24, 2.45) is 23.7 Å². The van der Waals surface area contributed by atoms with Gasteiger partial charge in [0, 0.05) is 74.9 Å². The van der Waals surface area contributed by atoms with Gasteiger partial charge in [0.05, 0.1) is 50.1 Å². The maximum absolute atomic E-state index is 13.3. The molecular weight excluding hydrogens is 1360 g/mol. The summed E-state index contributed by atoms with van der Waals surface area (Å²) in [7, 11) is 2.12. The Morgan fingerprint density at radius 1 is 0.245 bits per heavy atom. The standard InChI is InChI=1S/C83H155N3O12S4/c1-10-18-26-30-48-72(44-22-14-5)80(91)95-64-34-38-68-99-76(87)52-60-85(61-53-77(88)100-69-39-35-65-96-81(92)73(45-23-15-6)49-31-27-19-11-2)58-42-56-84(9)57-43-59-86(62-54-78(89)101-70-40-36-66-97-82(93)74(46-24-16-7)50-32-28-20-12-3)63-55-79(90)102-71-41-37-67-98-83(94)75(47-25-17-8)51-33-29-21-13-4/h72-75H,10-71H2,1-9H3. The first-order valence-corrected chi connectivity index (χ1v) is 46.0. The summed E-state index contributed by atoms with van der Waals surface area (Å²) in [6.45, 7) is 24.4. The van der Waals surface area contributed by atoms with Crippen molar-refractivity contribution in [3.8, 4) is 0 Å². The molecule has 102 heavy (non-hydrogen) atoms. The molecular formula is C83H155N3O12S4. The molecule has 0 spiro atoms. The topological polar surface area (TPSA) is 183 Å². The van der Waals surface area contributed by atoms with Crippen LogP contribution in [0.4, 0.5) is 0 Å². The van der Waals surface area contributed by atoms with Crippen molar-refractivity contribution in [1.82, 2.24) is 14.7 Å². The minimum atomic E-state index is -0.0691. The number of carbonyl (C=O) groups excluding carboxylic acids is 8. The van der Waals surface area contributed by atoms with E-state index in [0.29, 0.717) is 101 Å². The third-order valence-electron chi connectivity index (χ3n) is 19.3. The van der Waals surface area contributed by atoms with Crippen LogP contribution in [0.15, 0.2) is 0 Å². The van der Waals surface area contributed by atoms with Gasteiger partial charge in [-0.1, -0.05) is 257 Å². The van der Waals surface area contributed by atoms with Gasteiger partial charge in [0.25, 0.3) is 0 Å². The summed E-state index contributed by atoms with van der Waals surface area (Å²) >= 11 is 5.39. The molecule has 4 unspecified atom stereocenters. The maximum atomic E-state index is 13.3. The zero-order valence-electron chi connectivity index (χ0n) is 67.0. The molecule has 0 aliphatic rings. The van der Waals surface area contributed by atoms with Crippen LogP contribution in [-0.4, -0.2) is 168 Å². The Morgan fingerprint density at radius 2 is 0.461 bits per heavy atom. The van der Waals surface area contributed by atoms with Crippen LogP contribution in [0.3, 0.4) is 0 Å². The second kappa shape index (κ2) is 74.3. The van der Waals surface area contributed by atoms with E-state index in [4.69, 9.17) is 18.9 Å². The fourth-order valence-corrected chi connectivity index (χ4v) is 15.8. The summed E-state index contributed by atoms with van der Waals surface area (Å²) in [5.41, 5.74) is 0. The number of nitrogens with zero attached hydrogens (tertiary/aromatic N) is 3. The molecule has 0 aliphatic heterocycles. The lowest BCUT2D eigenvalue weighted by Crippen LogP contribution is -2.33. The molecule has 0 heterocycles. The van der Waals surface area contributed by atoms with Gasteiger partial charge >= 0.3 is 23.9 Å². The van der Waals surface area contributed by atoms with Gasteiger partial charge in [0.2, 0.25) is 0 Å². The first-order chi connectivity index (χ1) is 49.6. The first-order valence-electron chi connectivity index (χ1n) is 42.0. The molecule has 0 N–H and O–H groups in total. The quantitative estimate of drug-likeness (QED) is 0.0318. The number of ether oxygens (including phenoxy) is 4. The largest absolute Gasteiger partial charge is 0.465 e. The molecule has 0 radical (unpaired) electrons. The maximum Gasteiger partial charge on any atom is 0.308 e. The molecule has 0 rings (SSSR count). The highest BCUT2D eigenvalue weighted by atomic mass is 32.2. The molecule has 15 nitrogen and oxygen atoms in total. The highest BCUT2D eigenvalue weighted by molar-refractivity contribution is 8.14. The van der Waals surface area contributed by atoms with Crippen LogP contribution in [-0.2, 0) is 57.3 Å². The zero-order chi connectivity index (χ0) is 75.2. The molecule has 19 heteroatoms. The van der Waals surface area contributed by atoms with E-state index in [-0.39, 0.29) is 68.0 Å². The SMILES string of the molecule is CCCCCCC(CCCC)C(=O)OCCCCSC(=O)CCN(CCCN(C)CCCN(CCC(=O)SCCCCOC(=O)C(CCCC)CCCCCC)CCC(=O)SCCCCOC(=O)C(CCCC)CCCCCC)CCC(=O)SCCCCOC(=O)C(CCCC)CCCCCC. The Labute approximate surface area is 642 Å². The second-order valence-corrected chi connectivity index (χ2v) is 33.4. The lowest BCUT2D eigenvalue weighted by molar-refractivity contribution is -0.150. The fourth-order valence-electron chi connectivity index (χ4n) is 12.5. The van der Waals surface area contributed by atoms with E-state index in [0.717, 1.165) is 244 Å². The normalized spacial score (nSPS) is 12.8. The van der Waals surface area contributed by atoms with Crippen LogP contribution < -0.4 is 0 Å². The molecule has 0 saturated carbocycles. The number of hydrogen-bond acceptors (Lipinski definition) is 19. The molecule has 598 valence electrons. The summed E-state index contributed by atoms with van der Waals surface area (Å²) in [5, 5.41) is 0.512. The Morgan fingerprint density at radius 3 is 0.676 bits per heavy atom. The van der Waals surface area contributed by atoms with E-state index < -0.39 is 0 Å². The Hall–Kier alpha value is -2.16. The average molecular weight is 1520 g/mol. The monoisotopic (exact) mass is 1510 g/mol. The van der Waals surface area contributed by atoms with Crippen LogP contribution >= 0.6 is 47.0 Å². The van der Waals surface area contributed by atoms with E-state index in [2.05, 4.69) is 77.1 Å². The van der Waals surface area contributed by atoms with Gasteiger partial charge in [0.15, 0.2) is 20.5 Å². The Balaban J connectivity index is 5.72. The fraction of sp³-hybridized carbons (Fsp3) is 0.904. The molecule has 0 aromatic rings. The molecule has 0 aromatic heterocycles. The molecule has 0 aliphatic carbocycles. The van der Waals surface area contributed by atoms with Gasteiger partial charge in [0.1, 0.15) is 0 Å². The van der Waals surface area contributed by atoms with Crippen LogP contribution in [0, 0.1) is 23.7 Å². The number of rotatable bonds is 76. The van der Waals surface area contributed by atoms with Crippen LogP contribution in [0.25, 0.3) is 0 Å². The van der Waals surface area contributed by atoms with E-state index in [9.17, 15) is 38.4 Å². The van der Waals surface area contributed by atoms with Gasteiger partial charge in [-0.05, 0) is 149 Å². The van der Waals surface area contributed by atoms with Gasteiger partial charge in [-0.3, -0.25) is 38.4 Å². The molecule has 0 fully saturated rings. The predicted molar refractivity (Wildman–Crippen MR) is 436 cm³/mol. The number of unbranched alkanes of at least 4 members (excludes halogenated alkanes) is 20.